The van der Waals surface area contributed by atoms with Crippen molar-refractivity contribution in [3.8, 4) is 5.75 Å². The van der Waals surface area contributed by atoms with E-state index in [4.69, 9.17) is 5.73 Å². The highest BCUT2D eigenvalue weighted by Gasteiger charge is 2.64. The zero-order valence-electron chi connectivity index (χ0n) is 23.8. The Hall–Kier alpha value is -3.41. The van der Waals surface area contributed by atoms with Crippen LogP contribution >= 0.6 is 0 Å². The van der Waals surface area contributed by atoms with Crippen molar-refractivity contribution in [3.05, 3.63) is 39.7 Å². The Morgan fingerprint density at radius 2 is 1.85 bits per heavy atom. The quantitative estimate of drug-likeness (QED) is 0.334. The molecule has 1 saturated heterocycles. The van der Waals surface area contributed by atoms with Crippen LogP contribution in [0, 0.1) is 17.8 Å². The molecule has 0 spiro atoms. The first-order valence-electron chi connectivity index (χ1n) is 14.4. The molecule has 6 atom stereocenters. The van der Waals surface area contributed by atoms with Gasteiger partial charge in [-0.3, -0.25) is 24.2 Å². The predicted molar refractivity (Wildman–Crippen MR) is 150 cm³/mol. The van der Waals surface area contributed by atoms with Crippen LogP contribution in [0.25, 0.3) is 5.76 Å². The molecule has 2 heterocycles. The van der Waals surface area contributed by atoms with E-state index in [1.54, 1.807) is 11.0 Å². The Bertz CT molecular complexity index is 1450. The van der Waals surface area contributed by atoms with E-state index in [0.29, 0.717) is 25.4 Å². The monoisotopic (exact) mass is 566 g/mol. The van der Waals surface area contributed by atoms with Gasteiger partial charge >= 0.3 is 0 Å². The number of Topliss-reactive ketones (excluding diaryl/α,β-unsaturated/α-hetero) is 2. The Balaban J connectivity index is 1.56. The second-order valence-corrected chi connectivity index (χ2v) is 12.3. The van der Waals surface area contributed by atoms with E-state index >= 15 is 0 Å². The largest absolute Gasteiger partial charge is 0.508 e. The van der Waals surface area contributed by atoms with E-state index in [-0.39, 0.29) is 29.3 Å². The maximum absolute atomic E-state index is 14.2. The van der Waals surface area contributed by atoms with Crippen LogP contribution in [0.2, 0.25) is 0 Å². The van der Waals surface area contributed by atoms with Crippen molar-refractivity contribution in [3.63, 3.8) is 0 Å². The summed E-state index contributed by atoms with van der Waals surface area (Å²) in [5.41, 5.74) is 4.69. The topological polar surface area (TPSA) is 168 Å². The summed E-state index contributed by atoms with van der Waals surface area (Å²) in [6.07, 6.45) is 1.42. The second kappa shape index (κ2) is 9.30. The number of nitrogens with two attached hydrogens (primary N) is 1. The van der Waals surface area contributed by atoms with Crippen LogP contribution in [0.15, 0.2) is 23.0 Å². The number of carbonyl (C=O) groups is 3. The molecule has 6 rings (SSSR count). The number of aliphatic hydroxyl groups excluding tert-OH is 2. The summed E-state index contributed by atoms with van der Waals surface area (Å²) in [5.74, 6) is -5.88. The number of likely N-dealkylation sites (N-methyl/N-ethyl adjacent to an activating group) is 1. The van der Waals surface area contributed by atoms with Crippen LogP contribution < -0.4 is 10.6 Å². The lowest BCUT2D eigenvalue weighted by Crippen LogP contribution is -2.66. The van der Waals surface area contributed by atoms with Gasteiger partial charge in [0.2, 0.25) is 5.78 Å². The van der Waals surface area contributed by atoms with Gasteiger partial charge in [0.15, 0.2) is 11.4 Å². The van der Waals surface area contributed by atoms with Crippen molar-refractivity contribution in [2.75, 3.05) is 45.2 Å². The first-order valence-corrected chi connectivity index (χ1v) is 14.4. The van der Waals surface area contributed by atoms with Crippen LogP contribution in [0.5, 0.6) is 5.75 Å². The summed E-state index contributed by atoms with van der Waals surface area (Å²) >= 11 is 0. The number of primary amides is 1. The number of fused-ring (bicyclic) bond motifs is 7. The molecule has 3 aliphatic carbocycles. The third kappa shape index (κ3) is 3.52. The number of amides is 1. The van der Waals surface area contributed by atoms with Crippen LogP contribution in [0.3, 0.4) is 0 Å². The van der Waals surface area contributed by atoms with E-state index in [1.807, 2.05) is 20.9 Å². The van der Waals surface area contributed by atoms with Crippen molar-refractivity contribution < 1.29 is 34.8 Å². The Kier molecular flexibility index (Phi) is 6.29. The zero-order chi connectivity index (χ0) is 29.7. The fourth-order valence-electron chi connectivity index (χ4n) is 8.60. The van der Waals surface area contributed by atoms with Gasteiger partial charge in [-0.05, 0) is 75.0 Å². The fraction of sp³-hybridized carbons (Fsp3) is 0.567. The number of benzene rings is 1. The minimum atomic E-state index is -2.64. The van der Waals surface area contributed by atoms with Crippen molar-refractivity contribution in [2.24, 2.45) is 23.5 Å². The first-order chi connectivity index (χ1) is 19.4. The predicted octanol–water partition coefficient (Wildman–Crippen LogP) is 1.19. The summed E-state index contributed by atoms with van der Waals surface area (Å²) in [4.78, 5) is 46.3. The number of hydrogen-bond acceptors (Lipinski definition) is 10. The lowest BCUT2D eigenvalue weighted by molar-refractivity contribution is -0.154. The minimum Gasteiger partial charge on any atom is -0.508 e. The number of rotatable bonds is 4. The molecule has 41 heavy (non-hydrogen) atoms. The molecular weight excluding hydrogens is 528 g/mol. The number of ketones is 2. The van der Waals surface area contributed by atoms with Gasteiger partial charge in [0, 0.05) is 36.8 Å². The number of carbonyl (C=O) groups excluding carboxylic acids is 3. The molecule has 1 saturated carbocycles. The van der Waals surface area contributed by atoms with Gasteiger partial charge in [0.05, 0.1) is 11.6 Å². The molecule has 2 unspecified atom stereocenters. The molecule has 2 fully saturated rings. The Morgan fingerprint density at radius 3 is 2.49 bits per heavy atom. The van der Waals surface area contributed by atoms with Crippen molar-refractivity contribution >= 4 is 28.9 Å². The molecule has 11 nitrogen and oxygen atoms in total. The molecule has 0 radical (unpaired) electrons. The maximum Gasteiger partial charge on any atom is 0.255 e. The summed E-state index contributed by atoms with van der Waals surface area (Å²) in [6, 6.07) is 0.722. The molecule has 0 aromatic heterocycles. The Morgan fingerprint density at radius 1 is 1.17 bits per heavy atom. The Labute approximate surface area is 238 Å². The average Bonchev–Trinajstić information content (AvgIpc) is 3.28. The lowest BCUT2D eigenvalue weighted by atomic mass is 9.57. The van der Waals surface area contributed by atoms with E-state index in [1.165, 1.54) is 0 Å². The SMILES string of the molecule is CCN(CC)[C@@H]1C(=O)C(C(N)=O)=C(O)[C@@]2(O)C(=O)C3=C(O)c4c(O)cc5c(c4C[C@H]3C[C@@H]12)N(C)CC1CCN(C)C51. The van der Waals surface area contributed by atoms with Crippen molar-refractivity contribution in [1.29, 1.82) is 0 Å². The number of phenols is 1. The first kappa shape index (κ1) is 27.7. The van der Waals surface area contributed by atoms with Crippen LogP contribution in [-0.4, -0.2) is 99.6 Å². The smallest absolute Gasteiger partial charge is 0.255 e. The number of phenolic OH excluding ortho intramolecular Hbond substituents is 1. The van der Waals surface area contributed by atoms with Crippen LogP contribution in [0.1, 0.15) is 49.4 Å². The average molecular weight is 567 g/mol. The third-order valence-electron chi connectivity index (χ3n) is 10.4. The van der Waals surface area contributed by atoms with Gasteiger partial charge in [-0.2, -0.15) is 0 Å². The highest BCUT2D eigenvalue weighted by atomic mass is 16.3. The van der Waals surface area contributed by atoms with Crippen LogP contribution in [-0.2, 0) is 20.8 Å². The molecule has 11 heteroatoms. The normalized spacial score (nSPS) is 33.0. The zero-order valence-corrected chi connectivity index (χ0v) is 23.8. The van der Waals surface area contributed by atoms with Crippen LogP contribution in [0.4, 0.5) is 5.69 Å². The summed E-state index contributed by atoms with van der Waals surface area (Å²) in [7, 11) is 4.07. The number of anilines is 1. The number of likely N-dealkylation sites (tertiary alicyclic amines) is 1. The van der Waals surface area contributed by atoms with Crippen molar-refractivity contribution in [2.45, 2.75) is 50.8 Å². The van der Waals surface area contributed by atoms with Gasteiger partial charge in [0.25, 0.3) is 5.91 Å². The van der Waals surface area contributed by atoms with E-state index in [2.05, 4.69) is 16.8 Å². The molecular formula is C30H38N4O7. The highest BCUT2D eigenvalue weighted by molar-refractivity contribution is 6.24. The van der Waals surface area contributed by atoms with Gasteiger partial charge in [-0.25, -0.2) is 0 Å². The van der Waals surface area contributed by atoms with Gasteiger partial charge < -0.3 is 31.1 Å². The van der Waals surface area contributed by atoms with E-state index in [0.717, 1.165) is 36.3 Å². The number of aliphatic hydroxyl groups is 3. The fourth-order valence-corrected chi connectivity index (χ4v) is 8.60. The van der Waals surface area contributed by atoms with Gasteiger partial charge in [0.1, 0.15) is 22.8 Å². The minimum absolute atomic E-state index is 0.0875. The highest BCUT2D eigenvalue weighted by Crippen LogP contribution is 2.56. The molecule has 2 aliphatic heterocycles. The van der Waals surface area contributed by atoms with Gasteiger partial charge in [-0.1, -0.05) is 13.8 Å². The number of aromatic hydroxyl groups is 1. The lowest BCUT2D eigenvalue weighted by Gasteiger charge is -2.51. The van der Waals surface area contributed by atoms with Crippen molar-refractivity contribution in [1.82, 2.24) is 9.80 Å². The molecule has 0 bridgehead atoms. The van der Waals surface area contributed by atoms with E-state index < -0.39 is 58.0 Å². The van der Waals surface area contributed by atoms with E-state index in [9.17, 15) is 34.8 Å². The second-order valence-electron chi connectivity index (χ2n) is 12.3. The number of hydrogen-bond donors (Lipinski definition) is 5. The summed E-state index contributed by atoms with van der Waals surface area (Å²) in [6.45, 7) is 6.20. The van der Waals surface area contributed by atoms with Gasteiger partial charge in [-0.15, -0.1) is 0 Å². The summed E-state index contributed by atoms with van der Waals surface area (Å²) < 4.78 is 0. The summed E-state index contributed by atoms with van der Waals surface area (Å²) in [5, 5.41) is 45.9. The molecule has 5 aliphatic rings. The maximum atomic E-state index is 14.2. The number of nitrogens with zero attached hydrogens (tertiary/aromatic N) is 3. The molecule has 1 aromatic carbocycles. The molecule has 6 N–H and O–H groups in total. The molecule has 220 valence electrons. The molecule has 1 aromatic rings. The third-order valence-corrected chi connectivity index (χ3v) is 10.4. The standard InChI is InChI=1S/C30H38N4O7/c1-5-34(6-2)24-17-10-14-9-15-20(18(35)11-16-22-13(7-8-32(22)3)12-33(4)23(15)16)25(36)19(14)27(38)30(17,41)28(39)21(26(24)37)29(31)40/h11,13-14,17,22,24,35-36,39,41H,5-10,12H2,1-4H3,(H2,31,40)/t13?,14-,17-,22?,24-,30-/m0/s1. The molecule has 1 amide bonds.